The summed E-state index contributed by atoms with van der Waals surface area (Å²) in [4.78, 5) is 3.43. The molecular formula is C10H12F3NS. The zero-order valence-corrected chi connectivity index (χ0v) is 9.54. The molecule has 0 aromatic carbocycles. The van der Waals surface area contributed by atoms with Crippen LogP contribution in [0.15, 0.2) is 18.3 Å². The molecule has 0 atom stereocenters. The second-order valence-electron chi connectivity index (χ2n) is 3.64. The van der Waals surface area contributed by atoms with E-state index in [2.05, 4.69) is 4.98 Å². The first-order chi connectivity index (χ1) is 6.77. The molecule has 0 amide bonds. The Morgan fingerprint density at radius 1 is 1.20 bits per heavy atom. The fourth-order valence-corrected chi connectivity index (χ4v) is 1.39. The smallest absolute Gasteiger partial charge is 0.251 e. The number of nitrogens with zero attached hydrogens (tertiary/aromatic N) is 1. The molecule has 0 saturated heterocycles. The molecule has 0 aliphatic carbocycles. The van der Waals surface area contributed by atoms with Crippen LogP contribution in [-0.2, 0) is 10.9 Å². The molecule has 1 nitrogen and oxygen atoms in total. The van der Waals surface area contributed by atoms with E-state index in [9.17, 15) is 13.2 Å². The van der Waals surface area contributed by atoms with Crippen LogP contribution >= 0.6 is 11.8 Å². The normalized spacial score (nSPS) is 12.9. The van der Waals surface area contributed by atoms with Gasteiger partial charge in [0.05, 0.1) is 0 Å². The highest BCUT2D eigenvalue weighted by molar-refractivity contribution is 7.99. The minimum atomic E-state index is -4.36. The van der Waals surface area contributed by atoms with Crippen LogP contribution in [-0.4, -0.2) is 11.2 Å². The third-order valence-electron chi connectivity index (χ3n) is 2.26. The van der Waals surface area contributed by atoms with Crippen LogP contribution in [0.25, 0.3) is 0 Å². The van der Waals surface area contributed by atoms with Crippen LogP contribution in [0.3, 0.4) is 0 Å². The van der Waals surface area contributed by atoms with Crippen molar-refractivity contribution in [3.63, 3.8) is 0 Å². The van der Waals surface area contributed by atoms with Crippen molar-refractivity contribution in [3.8, 4) is 0 Å². The van der Waals surface area contributed by atoms with Crippen LogP contribution in [0.5, 0.6) is 0 Å². The molecule has 1 heterocycles. The summed E-state index contributed by atoms with van der Waals surface area (Å²) in [5.41, 5.74) is -0.0499. The highest BCUT2D eigenvalue weighted by Crippen LogP contribution is 2.34. The van der Waals surface area contributed by atoms with Crippen molar-refractivity contribution in [1.29, 1.82) is 0 Å². The van der Waals surface area contributed by atoms with Gasteiger partial charge in [-0.1, -0.05) is 6.07 Å². The average molecular weight is 235 g/mol. The lowest BCUT2D eigenvalue weighted by Gasteiger charge is -2.22. The number of alkyl halides is 3. The van der Waals surface area contributed by atoms with Gasteiger partial charge in [-0.3, -0.25) is 4.98 Å². The van der Waals surface area contributed by atoms with Gasteiger partial charge in [0, 0.05) is 10.9 Å². The van der Waals surface area contributed by atoms with Crippen LogP contribution < -0.4 is 0 Å². The summed E-state index contributed by atoms with van der Waals surface area (Å²) in [5, 5.41) is 0. The second-order valence-corrected chi connectivity index (χ2v) is 5.07. The SMILES string of the molecule is CSC(C)(C)c1ccc(C(F)(F)F)nc1. The molecule has 0 bridgehead atoms. The van der Waals surface area contributed by atoms with E-state index in [4.69, 9.17) is 0 Å². The molecular weight excluding hydrogens is 223 g/mol. The van der Waals surface area contributed by atoms with Gasteiger partial charge < -0.3 is 0 Å². The first-order valence-electron chi connectivity index (χ1n) is 4.36. The second kappa shape index (κ2) is 4.04. The van der Waals surface area contributed by atoms with E-state index in [0.29, 0.717) is 0 Å². The first kappa shape index (κ1) is 12.4. The van der Waals surface area contributed by atoms with Crippen LogP contribution in [0.2, 0.25) is 0 Å². The Kier molecular flexibility index (Phi) is 3.33. The minimum absolute atomic E-state index is 0.211. The Bertz CT molecular complexity index is 330. The number of aromatic nitrogens is 1. The van der Waals surface area contributed by atoms with E-state index < -0.39 is 11.9 Å². The van der Waals surface area contributed by atoms with Gasteiger partial charge in [0.1, 0.15) is 5.69 Å². The van der Waals surface area contributed by atoms with E-state index in [1.54, 1.807) is 11.8 Å². The van der Waals surface area contributed by atoms with Crippen molar-refractivity contribution in [3.05, 3.63) is 29.6 Å². The highest BCUT2D eigenvalue weighted by atomic mass is 32.2. The molecule has 15 heavy (non-hydrogen) atoms. The van der Waals surface area contributed by atoms with Gasteiger partial charge in [-0.2, -0.15) is 24.9 Å². The fraction of sp³-hybridized carbons (Fsp3) is 0.500. The Morgan fingerprint density at radius 3 is 2.13 bits per heavy atom. The fourth-order valence-electron chi connectivity index (χ4n) is 1.04. The first-order valence-corrected chi connectivity index (χ1v) is 5.59. The maximum absolute atomic E-state index is 12.2. The summed E-state index contributed by atoms with van der Waals surface area (Å²) in [6, 6.07) is 2.50. The Hall–Kier alpha value is -0.710. The largest absolute Gasteiger partial charge is 0.433 e. The van der Waals surface area contributed by atoms with Gasteiger partial charge in [0.2, 0.25) is 0 Å². The summed E-state index contributed by atoms with van der Waals surface area (Å²) in [6.07, 6.45) is -1.15. The minimum Gasteiger partial charge on any atom is -0.251 e. The summed E-state index contributed by atoms with van der Waals surface area (Å²) < 4.78 is 36.5. The Morgan fingerprint density at radius 2 is 1.80 bits per heavy atom. The highest BCUT2D eigenvalue weighted by Gasteiger charge is 2.32. The third-order valence-corrected chi connectivity index (χ3v) is 3.52. The van der Waals surface area contributed by atoms with Crippen LogP contribution in [0.4, 0.5) is 13.2 Å². The van der Waals surface area contributed by atoms with Gasteiger partial charge >= 0.3 is 6.18 Å². The van der Waals surface area contributed by atoms with E-state index in [1.165, 1.54) is 12.3 Å². The molecule has 0 radical (unpaired) electrons. The average Bonchev–Trinajstić information content (AvgIpc) is 2.17. The van der Waals surface area contributed by atoms with E-state index in [0.717, 1.165) is 11.6 Å². The molecule has 5 heteroatoms. The topological polar surface area (TPSA) is 12.9 Å². The number of thioether (sulfide) groups is 1. The van der Waals surface area contributed by atoms with Crippen molar-refractivity contribution >= 4 is 11.8 Å². The molecule has 0 unspecified atom stereocenters. The molecule has 84 valence electrons. The van der Waals surface area contributed by atoms with Crippen molar-refractivity contribution in [2.45, 2.75) is 24.8 Å². The molecule has 1 aromatic heterocycles. The molecule has 0 aliphatic rings. The summed E-state index contributed by atoms with van der Waals surface area (Å²) >= 11 is 1.57. The standard InChI is InChI=1S/C10H12F3NS/c1-9(2,15-3)7-4-5-8(14-6-7)10(11,12)13/h4-6H,1-3H3. The third kappa shape index (κ3) is 2.87. The molecule has 0 saturated carbocycles. The maximum Gasteiger partial charge on any atom is 0.433 e. The maximum atomic E-state index is 12.2. The number of pyridine rings is 1. The quantitative estimate of drug-likeness (QED) is 0.775. The van der Waals surface area contributed by atoms with Crippen molar-refractivity contribution in [2.75, 3.05) is 6.26 Å². The van der Waals surface area contributed by atoms with Crippen LogP contribution in [0.1, 0.15) is 25.1 Å². The molecule has 0 N–H and O–H groups in total. The van der Waals surface area contributed by atoms with E-state index in [1.807, 2.05) is 20.1 Å². The van der Waals surface area contributed by atoms with Gasteiger partial charge in [0.25, 0.3) is 0 Å². The lowest BCUT2D eigenvalue weighted by atomic mass is 10.0. The Balaban J connectivity index is 3.01. The molecule has 0 fully saturated rings. The number of hydrogen-bond donors (Lipinski definition) is 0. The molecule has 0 aliphatic heterocycles. The zero-order chi connectivity index (χ0) is 11.7. The molecule has 1 aromatic rings. The molecule has 1 rings (SSSR count). The van der Waals surface area contributed by atoms with E-state index in [-0.39, 0.29) is 4.75 Å². The van der Waals surface area contributed by atoms with E-state index >= 15 is 0 Å². The predicted molar refractivity (Wildman–Crippen MR) is 55.8 cm³/mol. The molecule has 0 spiro atoms. The van der Waals surface area contributed by atoms with Gasteiger partial charge in [-0.25, -0.2) is 0 Å². The van der Waals surface area contributed by atoms with Crippen molar-refractivity contribution in [1.82, 2.24) is 4.98 Å². The van der Waals surface area contributed by atoms with Crippen LogP contribution in [0, 0.1) is 0 Å². The number of halogens is 3. The van der Waals surface area contributed by atoms with Gasteiger partial charge in [-0.15, -0.1) is 0 Å². The lowest BCUT2D eigenvalue weighted by Crippen LogP contribution is -2.14. The van der Waals surface area contributed by atoms with Gasteiger partial charge in [0.15, 0.2) is 0 Å². The Labute approximate surface area is 91.1 Å². The predicted octanol–water partition coefficient (Wildman–Crippen LogP) is 3.70. The summed E-state index contributed by atoms with van der Waals surface area (Å²) in [6.45, 7) is 3.89. The number of rotatable bonds is 2. The summed E-state index contributed by atoms with van der Waals surface area (Å²) in [5.74, 6) is 0. The van der Waals surface area contributed by atoms with Crippen molar-refractivity contribution < 1.29 is 13.2 Å². The van der Waals surface area contributed by atoms with Gasteiger partial charge in [-0.05, 0) is 31.7 Å². The zero-order valence-electron chi connectivity index (χ0n) is 8.72. The monoisotopic (exact) mass is 235 g/mol. The van der Waals surface area contributed by atoms with Crippen molar-refractivity contribution in [2.24, 2.45) is 0 Å². The lowest BCUT2D eigenvalue weighted by molar-refractivity contribution is -0.141. The summed E-state index contributed by atoms with van der Waals surface area (Å²) in [7, 11) is 0. The number of hydrogen-bond acceptors (Lipinski definition) is 2.